The summed E-state index contributed by atoms with van der Waals surface area (Å²) in [6.07, 6.45) is 3.39. The molecule has 0 aliphatic heterocycles. The average Bonchev–Trinajstić information content (AvgIpc) is 3.37. The molecule has 0 aliphatic rings. The van der Waals surface area contributed by atoms with Crippen molar-refractivity contribution in [3.8, 4) is 22.9 Å². The van der Waals surface area contributed by atoms with Crippen LogP contribution in [0.15, 0.2) is 52.8 Å². The summed E-state index contributed by atoms with van der Waals surface area (Å²) in [5.74, 6) is -0.698. The lowest BCUT2D eigenvalue weighted by Crippen LogP contribution is -2.26. The van der Waals surface area contributed by atoms with Crippen LogP contribution in [0.2, 0.25) is 5.02 Å². The molecule has 0 bridgehead atoms. The first-order valence-electron chi connectivity index (χ1n) is 12.0. The number of hydrogen-bond donors (Lipinski definition) is 1. The number of aromatic carboxylic acids is 1. The van der Waals surface area contributed by atoms with Gasteiger partial charge >= 0.3 is 5.97 Å². The lowest BCUT2D eigenvalue weighted by molar-refractivity contribution is 0.0699. The van der Waals surface area contributed by atoms with Gasteiger partial charge in [0.1, 0.15) is 24.2 Å². The number of rotatable bonds is 8. The van der Waals surface area contributed by atoms with Crippen LogP contribution >= 0.6 is 34.7 Å². The van der Waals surface area contributed by atoms with Gasteiger partial charge in [-0.2, -0.15) is 17.0 Å². The molecular weight excluding hydrogens is 573 g/mol. The molecule has 0 aliphatic carbocycles. The van der Waals surface area contributed by atoms with E-state index in [1.807, 2.05) is 6.26 Å². The van der Waals surface area contributed by atoms with E-state index in [4.69, 9.17) is 16.3 Å². The Morgan fingerprint density at radius 1 is 1.27 bits per heavy atom. The van der Waals surface area contributed by atoms with E-state index >= 15 is 0 Å². The molecule has 0 amide bonds. The molecule has 202 valence electrons. The molecule has 0 radical (unpaired) electrons. The molecule has 0 fully saturated rings. The van der Waals surface area contributed by atoms with Crippen molar-refractivity contribution < 1.29 is 19.0 Å². The highest BCUT2D eigenvalue weighted by Crippen LogP contribution is 2.39. The van der Waals surface area contributed by atoms with Crippen LogP contribution in [-0.4, -0.2) is 33.5 Å². The number of carboxylic acids is 1. The van der Waals surface area contributed by atoms with Crippen molar-refractivity contribution in [3.05, 3.63) is 91.6 Å². The first-order chi connectivity index (χ1) is 19.2. The summed E-state index contributed by atoms with van der Waals surface area (Å²) in [6.45, 7) is 1.95. The van der Waals surface area contributed by atoms with Gasteiger partial charge in [-0.1, -0.05) is 11.6 Å². The first-order valence-corrected chi connectivity index (χ1v) is 14.7. The monoisotopic (exact) mass is 593 g/mol. The fraction of sp³-hybridized carbons (Fsp3) is 0.172. The predicted octanol–water partition coefficient (Wildman–Crippen LogP) is 6.89. The maximum Gasteiger partial charge on any atom is 0.338 e. The van der Waals surface area contributed by atoms with Gasteiger partial charge < -0.3 is 14.4 Å². The predicted molar refractivity (Wildman–Crippen MR) is 157 cm³/mol. The third-order valence-corrected chi connectivity index (χ3v) is 8.37. The number of hydrogen-bond acceptors (Lipinski definition) is 7. The minimum atomic E-state index is -1.06. The van der Waals surface area contributed by atoms with Crippen LogP contribution in [-0.2, 0) is 12.3 Å². The van der Waals surface area contributed by atoms with Crippen molar-refractivity contribution in [2.75, 3.05) is 12.9 Å². The number of fused-ring (bicyclic) bond motifs is 2. The summed E-state index contributed by atoms with van der Waals surface area (Å²) in [5.41, 5.74) is 2.61. The molecule has 40 heavy (non-hydrogen) atoms. The van der Waals surface area contributed by atoms with Crippen molar-refractivity contribution in [3.63, 3.8) is 0 Å². The SMILES string of the molecule is CSCc1cc(F)c2cc(C)n(CCOc3ccc(Cl)cc3-c3ccnc4c(C(=O)O)csc34)c(=O)c2c1C#N. The lowest BCUT2D eigenvalue weighted by Gasteiger charge is -2.16. The maximum absolute atomic E-state index is 14.9. The number of thioether (sulfide) groups is 1. The number of aromatic nitrogens is 2. The number of halogens is 2. The molecule has 0 spiro atoms. The molecule has 1 N–H and O–H groups in total. The largest absolute Gasteiger partial charge is 0.491 e. The van der Waals surface area contributed by atoms with Crippen molar-refractivity contribution in [2.24, 2.45) is 0 Å². The van der Waals surface area contributed by atoms with E-state index in [9.17, 15) is 24.3 Å². The van der Waals surface area contributed by atoms with Crippen LogP contribution in [0.4, 0.5) is 4.39 Å². The molecule has 5 rings (SSSR count). The molecule has 7 nitrogen and oxygen atoms in total. The first kappa shape index (κ1) is 27.6. The van der Waals surface area contributed by atoms with E-state index in [1.165, 1.54) is 39.9 Å². The van der Waals surface area contributed by atoms with Gasteiger partial charge in [0.25, 0.3) is 5.56 Å². The Morgan fingerprint density at radius 3 is 2.80 bits per heavy atom. The zero-order valence-electron chi connectivity index (χ0n) is 21.3. The van der Waals surface area contributed by atoms with Gasteiger partial charge in [0, 0.05) is 44.6 Å². The quantitative estimate of drug-likeness (QED) is 0.209. The third kappa shape index (κ3) is 4.92. The number of nitrogens with zero attached hydrogens (tertiary/aromatic N) is 3. The molecular formula is C29H21ClFN3O4S2. The third-order valence-electron chi connectivity index (χ3n) is 6.54. The highest BCUT2D eigenvalue weighted by atomic mass is 35.5. The van der Waals surface area contributed by atoms with E-state index in [1.54, 1.807) is 42.6 Å². The maximum atomic E-state index is 14.9. The zero-order chi connectivity index (χ0) is 28.6. The molecule has 0 atom stereocenters. The fourth-order valence-electron chi connectivity index (χ4n) is 4.72. The van der Waals surface area contributed by atoms with Crippen LogP contribution in [0.1, 0.15) is 27.2 Å². The van der Waals surface area contributed by atoms with Crippen LogP contribution < -0.4 is 10.3 Å². The summed E-state index contributed by atoms with van der Waals surface area (Å²) < 4.78 is 23.2. The van der Waals surface area contributed by atoms with E-state index in [0.717, 1.165) is 5.56 Å². The summed E-state index contributed by atoms with van der Waals surface area (Å²) in [5, 5.41) is 21.5. The van der Waals surface area contributed by atoms with Gasteiger partial charge in [-0.15, -0.1) is 11.3 Å². The highest BCUT2D eigenvalue weighted by Gasteiger charge is 2.20. The fourth-order valence-corrected chi connectivity index (χ4v) is 6.46. The van der Waals surface area contributed by atoms with Crippen molar-refractivity contribution in [2.45, 2.75) is 19.2 Å². The number of thiophene rings is 1. The Morgan fingerprint density at radius 2 is 2.08 bits per heavy atom. The summed E-state index contributed by atoms with van der Waals surface area (Å²) >= 11 is 9.02. The van der Waals surface area contributed by atoms with Gasteiger partial charge in [0.15, 0.2) is 0 Å². The van der Waals surface area contributed by atoms with Crippen molar-refractivity contribution >= 4 is 61.7 Å². The summed E-state index contributed by atoms with van der Waals surface area (Å²) in [7, 11) is 0. The number of carbonyl (C=O) groups is 1. The molecule has 3 heterocycles. The molecule has 3 aromatic heterocycles. The van der Waals surface area contributed by atoms with Gasteiger partial charge in [0.2, 0.25) is 0 Å². The second-order valence-corrected chi connectivity index (χ2v) is 11.1. The van der Waals surface area contributed by atoms with E-state index in [-0.39, 0.29) is 35.1 Å². The Kier molecular flexibility index (Phi) is 7.81. The lowest BCUT2D eigenvalue weighted by atomic mass is 10.0. The smallest absolute Gasteiger partial charge is 0.338 e. The summed E-state index contributed by atoms with van der Waals surface area (Å²) in [6, 6.07) is 11.9. The number of pyridine rings is 2. The molecule has 0 saturated heterocycles. The van der Waals surface area contributed by atoms with E-state index in [2.05, 4.69) is 11.1 Å². The van der Waals surface area contributed by atoms with E-state index in [0.29, 0.717) is 43.6 Å². The van der Waals surface area contributed by atoms with Crippen molar-refractivity contribution in [1.82, 2.24) is 9.55 Å². The second kappa shape index (κ2) is 11.3. The normalized spacial score (nSPS) is 11.2. The molecule has 2 aromatic carbocycles. The number of carboxylic acid groups (broad SMARTS) is 1. The van der Waals surface area contributed by atoms with Crippen LogP contribution in [0.5, 0.6) is 5.75 Å². The standard InChI is InChI=1S/C29H21ClFN3O4S2/c1-15-9-20-23(31)10-16(13-39-2)21(12-32)25(20)28(35)34(15)7-8-38-24-4-3-17(30)11-19(24)18-5-6-33-26-22(29(36)37)14-40-27(18)26/h3-6,9-11,14H,7-8,13H2,1-2H3,(H,36,37). The molecule has 11 heteroatoms. The molecule has 0 saturated carbocycles. The number of benzene rings is 2. The van der Waals surface area contributed by atoms with E-state index < -0.39 is 17.3 Å². The van der Waals surface area contributed by atoms with Gasteiger partial charge in [0.05, 0.1) is 33.3 Å². The van der Waals surface area contributed by atoms with Crippen molar-refractivity contribution in [1.29, 1.82) is 5.26 Å². The molecule has 5 aromatic rings. The number of nitriles is 1. The number of aryl methyl sites for hydroxylation is 1. The minimum Gasteiger partial charge on any atom is -0.491 e. The van der Waals surface area contributed by atoms with Crippen LogP contribution in [0.25, 0.3) is 32.1 Å². The van der Waals surface area contributed by atoms with Gasteiger partial charge in [-0.3, -0.25) is 9.78 Å². The van der Waals surface area contributed by atoms with Crippen LogP contribution in [0.3, 0.4) is 0 Å². The highest BCUT2D eigenvalue weighted by molar-refractivity contribution is 7.97. The average molecular weight is 594 g/mol. The zero-order valence-corrected chi connectivity index (χ0v) is 23.7. The Labute approximate surface area is 241 Å². The Hall–Kier alpha value is -3.91. The second-order valence-electron chi connectivity index (χ2n) is 8.95. The van der Waals surface area contributed by atoms with Crippen LogP contribution in [0, 0.1) is 24.1 Å². The minimum absolute atomic E-state index is 0.0652. The Balaban J connectivity index is 1.51. The van der Waals surface area contributed by atoms with Gasteiger partial charge in [-0.25, -0.2) is 9.18 Å². The molecule has 0 unspecified atom stereocenters. The summed E-state index contributed by atoms with van der Waals surface area (Å²) in [4.78, 5) is 29.4. The van der Waals surface area contributed by atoms with Gasteiger partial charge in [-0.05, 0) is 55.1 Å². The topological polar surface area (TPSA) is 105 Å². The number of ether oxygens (including phenoxy) is 1. The Bertz CT molecular complexity index is 1910.